The van der Waals surface area contributed by atoms with Gasteiger partial charge in [-0.3, -0.25) is 28.3 Å². The van der Waals surface area contributed by atoms with Crippen LogP contribution >= 0.6 is 0 Å². The van der Waals surface area contributed by atoms with Gasteiger partial charge in [-0.05, 0) is 111 Å². The highest BCUT2D eigenvalue weighted by molar-refractivity contribution is 6.03. The molecule has 5 aromatic carbocycles. The van der Waals surface area contributed by atoms with E-state index in [4.69, 9.17) is 14.5 Å². The van der Waals surface area contributed by atoms with Gasteiger partial charge in [-0.2, -0.15) is 0 Å². The minimum Gasteiger partial charge on any atom is -0.495 e. The molecule has 0 aliphatic heterocycles. The minimum atomic E-state index is -0.553. The van der Waals surface area contributed by atoms with Crippen molar-refractivity contribution in [1.29, 1.82) is 0 Å². The van der Waals surface area contributed by atoms with Gasteiger partial charge in [-0.1, -0.05) is 36.4 Å². The first kappa shape index (κ1) is 43.7. The second kappa shape index (κ2) is 18.8. The monoisotopic (exact) mass is 874 g/mol. The molecule has 2 unspecified atom stereocenters. The van der Waals surface area contributed by atoms with Crippen LogP contribution in [0, 0.1) is 0 Å². The lowest BCUT2D eigenvalue weighted by Crippen LogP contribution is -2.28. The average molecular weight is 875 g/mol. The fraction of sp³-hybridized carbons (Fsp3) is 0.224. The topological polar surface area (TPSA) is 205 Å². The van der Waals surface area contributed by atoms with Crippen LogP contribution in [-0.4, -0.2) is 63.6 Å². The molecule has 2 heterocycles. The van der Waals surface area contributed by atoms with Gasteiger partial charge in [0, 0.05) is 46.9 Å². The summed E-state index contributed by atoms with van der Waals surface area (Å²) in [5, 5.41) is 11.6. The van der Waals surface area contributed by atoms with E-state index in [0.717, 1.165) is 12.0 Å². The molecule has 4 amide bonds. The number of ether oxygens (including phenoxy) is 2. The molecule has 2 atom stereocenters. The van der Waals surface area contributed by atoms with Crippen molar-refractivity contribution < 1.29 is 28.7 Å². The number of benzene rings is 5. The summed E-state index contributed by atoms with van der Waals surface area (Å²) in [6, 6.07) is 27.6. The number of nitrogens with zero attached hydrogens (tertiary/aromatic N) is 4. The number of carbonyl (C=O) groups excluding carboxylic acids is 4. The van der Waals surface area contributed by atoms with Crippen LogP contribution in [0.5, 0.6) is 5.75 Å². The fourth-order valence-electron chi connectivity index (χ4n) is 8.39. The number of carbonyl (C=O) groups is 4. The third-order valence-electron chi connectivity index (χ3n) is 11.6. The number of methoxy groups -OCH3 is 2. The van der Waals surface area contributed by atoms with Crippen LogP contribution in [0.1, 0.15) is 77.0 Å². The van der Waals surface area contributed by atoms with Crippen LogP contribution in [0.3, 0.4) is 0 Å². The number of aromatic nitrogens is 4. The van der Waals surface area contributed by atoms with Gasteiger partial charge in [0.2, 0.25) is 0 Å². The Balaban J connectivity index is 1.06. The molecule has 0 saturated heterocycles. The zero-order valence-corrected chi connectivity index (χ0v) is 36.1. The van der Waals surface area contributed by atoms with Crippen LogP contribution in [0.2, 0.25) is 0 Å². The Labute approximate surface area is 372 Å². The largest absolute Gasteiger partial charge is 0.495 e. The molecule has 1 aliphatic carbocycles. The highest BCUT2D eigenvalue weighted by atomic mass is 16.5. The first-order valence-corrected chi connectivity index (χ1v) is 21.0. The lowest BCUT2D eigenvalue weighted by atomic mass is 9.93. The van der Waals surface area contributed by atoms with E-state index < -0.39 is 12.1 Å². The van der Waals surface area contributed by atoms with Crippen molar-refractivity contribution >= 4 is 68.2 Å². The predicted molar refractivity (Wildman–Crippen MR) is 249 cm³/mol. The Morgan fingerprint density at radius 2 is 1.22 bits per heavy atom. The number of fused-ring (bicyclic) bond motifs is 2. The van der Waals surface area contributed by atoms with E-state index in [1.165, 1.54) is 24.7 Å². The van der Waals surface area contributed by atoms with Crippen molar-refractivity contribution in [1.82, 2.24) is 19.1 Å². The second-order valence-corrected chi connectivity index (χ2v) is 15.8. The number of para-hydroxylation sites is 1. The van der Waals surface area contributed by atoms with Gasteiger partial charge in [0.1, 0.15) is 17.9 Å². The number of hydrogen-bond acceptors (Lipinski definition) is 10. The lowest BCUT2D eigenvalue weighted by Gasteiger charge is -2.21. The Hall–Kier alpha value is -7.98. The van der Waals surface area contributed by atoms with E-state index in [9.17, 15) is 28.8 Å². The van der Waals surface area contributed by atoms with E-state index in [1.807, 2.05) is 12.1 Å². The van der Waals surface area contributed by atoms with Crippen molar-refractivity contribution in [2.45, 2.75) is 51.5 Å². The number of anilines is 4. The van der Waals surface area contributed by atoms with Gasteiger partial charge in [0.15, 0.2) is 11.6 Å². The molecule has 7 aromatic rings. The number of Topliss-reactive ketones (excluding diaryl/α,β-unsaturated/α-hetero) is 2. The molecule has 1 saturated carbocycles. The Bertz CT molecular complexity index is 3140. The van der Waals surface area contributed by atoms with Gasteiger partial charge < -0.3 is 30.7 Å². The molecule has 1 aliphatic rings. The van der Waals surface area contributed by atoms with Crippen LogP contribution in [0.25, 0.3) is 27.5 Å². The Morgan fingerprint density at radius 3 is 1.80 bits per heavy atom. The number of ketones is 2. The molecule has 330 valence electrons. The summed E-state index contributed by atoms with van der Waals surface area (Å²) in [6.45, 7) is 3.42. The van der Waals surface area contributed by atoms with Crippen molar-refractivity contribution in [2.75, 3.05) is 42.1 Å². The summed E-state index contributed by atoms with van der Waals surface area (Å²) in [5.74, 6) is 0.652. The third kappa shape index (κ3) is 9.38. The van der Waals surface area contributed by atoms with Gasteiger partial charge in [0.05, 0.1) is 47.8 Å². The van der Waals surface area contributed by atoms with Gasteiger partial charge in [-0.15, -0.1) is 0 Å². The van der Waals surface area contributed by atoms with Crippen LogP contribution in [0.4, 0.5) is 32.3 Å². The fourth-order valence-corrected chi connectivity index (χ4v) is 8.39. The molecule has 4 N–H and O–H groups in total. The number of hydrogen-bond donors (Lipinski definition) is 4. The normalized spacial score (nSPS) is 14.5. The first-order chi connectivity index (χ1) is 31.4. The summed E-state index contributed by atoms with van der Waals surface area (Å²) < 4.78 is 14.4. The van der Waals surface area contributed by atoms with E-state index in [-0.39, 0.29) is 53.1 Å². The SMILES string of the molecule is COCCn1c(C2CCC(c3cccc(OC)c3-n3cnc4ccc(NC(=O)Nc5cccc(C(C)=O)c5)cc4c3=O)C2)nc2ccc(NC(=O)Nc3cccc(C(C)=O)c3)cc2c1=O. The van der Waals surface area contributed by atoms with Crippen molar-refractivity contribution in [3.63, 3.8) is 0 Å². The van der Waals surface area contributed by atoms with Crippen LogP contribution in [-0.2, 0) is 11.3 Å². The Kier molecular flexibility index (Phi) is 12.6. The maximum atomic E-state index is 14.4. The van der Waals surface area contributed by atoms with Crippen LogP contribution in [0.15, 0.2) is 119 Å². The van der Waals surface area contributed by atoms with Crippen LogP contribution < -0.4 is 37.1 Å². The van der Waals surface area contributed by atoms with Crippen molar-refractivity contribution in [3.05, 3.63) is 153 Å². The molecule has 1 fully saturated rings. The molecule has 65 heavy (non-hydrogen) atoms. The number of rotatable bonds is 13. The molecule has 2 aromatic heterocycles. The highest BCUT2D eigenvalue weighted by Crippen LogP contribution is 2.46. The summed E-state index contributed by atoms with van der Waals surface area (Å²) in [7, 11) is 3.11. The van der Waals surface area contributed by atoms with Gasteiger partial charge in [-0.25, -0.2) is 19.6 Å². The van der Waals surface area contributed by atoms with Gasteiger partial charge >= 0.3 is 12.1 Å². The molecule has 0 radical (unpaired) electrons. The number of urea groups is 2. The molecule has 8 rings (SSSR count). The van der Waals surface area contributed by atoms with Crippen molar-refractivity contribution in [3.8, 4) is 11.4 Å². The summed E-state index contributed by atoms with van der Waals surface area (Å²) >= 11 is 0. The van der Waals surface area contributed by atoms with E-state index in [1.54, 1.807) is 110 Å². The smallest absolute Gasteiger partial charge is 0.323 e. The predicted octanol–water partition coefficient (Wildman–Crippen LogP) is 8.50. The first-order valence-electron chi connectivity index (χ1n) is 21.0. The molecular weight excluding hydrogens is 829 g/mol. The second-order valence-electron chi connectivity index (χ2n) is 15.8. The zero-order chi connectivity index (χ0) is 45.8. The van der Waals surface area contributed by atoms with Gasteiger partial charge in [0.25, 0.3) is 11.1 Å². The average Bonchev–Trinajstić information content (AvgIpc) is 3.79. The standard InChI is InChI=1S/C49H46N8O8/c1-28(58)30-8-5-10-34(23-30)51-48(62)53-36-16-18-41-39(25-36)47(61)57(27-50-41)44-38(12-7-13-43(44)65-4)32-14-15-33(22-32)45-55-42-19-17-37(26-40(42)46(60)56(45)20-21-64-3)54-49(63)52-35-11-6-9-31(24-35)29(2)59/h5-13,16-19,23-27,32-33H,14-15,20-22H2,1-4H3,(H2,51,53,62)(H2,52,54,63). The molecule has 16 heteroatoms. The molecule has 0 spiro atoms. The minimum absolute atomic E-state index is 0.0596. The molecular formula is C49H46N8O8. The van der Waals surface area contributed by atoms with E-state index in [2.05, 4.69) is 26.3 Å². The lowest BCUT2D eigenvalue weighted by molar-refractivity contribution is 0.100. The highest BCUT2D eigenvalue weighted by Gasteiger charge is 2.33. The Morgan fingerprint density at radius 1 is 0.662 bits per heavy atom. The number of amides is 4. The maximum absolute atomic E-state index is 14.4. The molecule has 16 nitrogen and oxygen atoms in total. The summed E-state index contributed by atoms with van der Waals surface area (Å²) in [4.78, 5) is 87.9. The number of nitrogens with one attached hydrogen (secondary N) is 4. The summed E-state index contributed by atoms with van der Waals surface area (Å²) in [5.41, 5.74) is 4.24. The maximum Gasteiger partial charge on any atom is 0.323 e. The quantitative estimate of drug-likeness (QED) is 0.0813. The third-order valence-corrected chi connectivity index (χ3v) is 11.6. The van der Waals surface area contributed by atoms with Crippen molar-refractivity contribution in [2.24, 2.45) is 0 Å². The van der Waals surface area contributed by atoms with E-state index >= 15 is 0 Å². The van der Waals surface area contributed by atoms with E-state index in [0.29, 0.717) is 80.4 Å². The zero-order valence-electron chi connectivity index (χ0n) is 36.1. The molecule has 0 bridgehead atoms. The summed E-state index contributed by atoms with van der Waals surface area (Å²) in [6.07, 6.45) is 3.53.